The van der Waals surface area contributed by atoms with E-state index in [2.05, 4.69) is 10.0 Å². The highest BCUT2D eigenvalue weighted by atomic mass is 32.2. The van der Waals surface area contributed by atoms with Crippen LogP contribution in [0.4, 0.5) is 0 Å². The molecular formula is C17H22N2O5S. The summed E-state index contributed by atoms with van der Waals surface area (Å²) >= 11 is 0. The fourth-order valence-corrected chi connectivity index (χ4v) is 2.95. The Morgan fingerprint density at radius 1 is 1.20 bits per heavy atom. The zero-order chi connectivity index (χ0) is 18.4. The van der Waals surface area contributed by atoms with Crippen molar-refractivity contribution in [3.8, 4) is 0 Å². The summed E-state index contributed by atoms with van der Waals surface area (Å²) < 4.78 is 31.2. The van der Waals surface area contributed by atoms with Crippen LogP contribution >= 0.6 is 0 Å². The molecule has 2 N–H and O–H groups in total. The second kappa shape index (κ2) is 8.26. The van der Waals surface area contributed by atoms with Gasteiger partial charge in [-0.15, -0.1) is 0 Å². The minimum absolute atomic E-state index is 0.160. The van der Waals surface area contributed by atoms with Crippen LogP contribution in [0.15, 0.2) is 35.7 Å². The standard InChI is InChI=1S/C17H22N2O5S/c1-12(17(21)24-13(2)16(20)18-15-8-9-15)19-25(22,23)11-10-14-6-4-3-5-7-14/h3-7,10-13,15,19H,8-9H2,1-2H3,(H,18,20)/b11-10+/t12-,13-/m0/s1. The molecule has 1 aliphatic rings. The van der Waals surface area contributed by atoms with Gasteiger partial charge < -0.3 is 10.1 Å². The molecular weight excluding hydrogens is 344 g/mol. The van der Waals surface area contributed by atoms with Gasteiger partial charge in [0.05, 0.1) is 0 Å². The van der Waals surface area contributed by atoms with Crippen LogP contribution in [0.3, 0.4) is 0 Å². The topological polar surface area (TPSA) is 102 Å². The van der Waals surface area contributed by atoms with E-state index in [1.165, 1.54) is 19.9 Å². The van der Waals surface area contributed by atoms with Gasteiger partial charge in [-0.3, -0.25) is 9.59 Å². The molecule has 1 amide bonds. The number of carbonyl (C=O) groups is 2. The molecule has 8 heteroatoms. The van der Waals surface area contributed by atoms with Crippen LogP contribution in [0, 0.1) is 0 Å². The van der Waals surface area contributed by atoms with Gasteiger partial charge in [0.25, 0.3) is 5.91 Å². The first-order valence-electron chi connectivity index (χ1n) is 8.03. The molecule has 136 valence electrons. The summed E-state index contributed by atoms with van der Waals surface area (Å²) in [6.07, 6.45) is 2.30. The first-order chi connectivity index (χ1) is 11.8. The molecule has 0 bridgehead atoms. The lowest BCUT2D eigenvalue weighted by molar-refractivity contribution is -0.156. The minimum atomic E-state index is -3.82. The third kappa shape index (κ3) is 6.67. The Morgan fingerprint density at radius 2 is 1.84 bits per heavy atom. The molecule has 0 heterocycles. The van der Waals surface area contributed by atoms with Gasteiger partial charge in [-0.25, -0.2) is 8.42 Å². The third-order valence-electron chi connectivity index (χ3n) is 3.52. The van der Waals surface area contributed by atoms with E-state index in [1.54, 1.807) is 24.3 Å². The Morgan fingerprint density at radius 3 is 2.44 bits per heavy atom. The summed E-state index contributed by atoms with van der Waals surface area (Å²) in [5.74, 6) is -1.19. The zero-order valence-corrected chi connectivity index (χ0v) is 15.0. The van der Waals surface area contributed by atoms with Crippen molar-refractivity contribution in [1.29, 1.82) is 0 Å². The molecule has 0 saturated heterocycles. The van der Waals surface area contributed by atoms with Gasteiger partial charge in [-0.2, -0.15) is 4.72 Å². The molecule has 1 saturated carbocycles. The molecule has 0 unspecified atom stereocenters. The Labute approximate surface area is 147 Å². The van der Waals surface area contributed by atoms with Gasteiger partial charge in [0.2, 0.25) is 10.0 Å². The normalized spacial score (nSPS) is 17.0. The molecule has 1 fully saturated rings. The number of amides is 1. The van der Waals surface area contributed by atoms with Crippen LogP contribution in [0.2, 0.25) is 0 Å². The van der Waals surface area contributed by atoms with E-state index < -0.39 is 28.1 Å². The average Bonchev–Trinajstić information content (AvgIpc) is 3.37. The Balaban J connectivity index is 1.86. The molecule has 7 nitrogen and oxygen atoms in total. The molecule has 0 aromatic heterocycles. The number of carbonyl (C=O) groups excluding carboxylic acids is 2. The van der Waals surface area contributed by atoms with Crippen LogP contribution in [0.1, 0.15) is 32.3 Å². The van der Waals surface area contributed by atoms with Crippen molar-refractivity contribution in [2.24, 2.45) is 0 Å². The van der Waals surface area contributed by atoms with Crippen molar-refractivity contribution >= 4 is 28.0 Å². The van der Waals surface area contributed by atoms with Crippen LogP contribution in [0.25, 0.3) is 6.08 Å². The second-order valence-corrected chi connectivity index (χ2v) is 7.56. The highest BCUT2D eigenvalue weighted by Gasteiger charge is 2.28. The number of benzene rings is 1. The third-order valence-corrected chi connectivity index (χ3v) is 4.70. The molecule has 1 aromatic rings. The van der Waals surface area contributed by atoms with Crippen molar-refractivity contribution in [1.82, 2.24) is 10.0 Å². The predicted octanol–water partition coefficient (Wildman–Crippen LogP) is 1.18. The second-order valence-electron chi connectivity index (χ2n) is 5.96. The maximum absolute atomic E-state index is 12.0. The molecule has 0 radical (unpaired) electrons. The van der Waals surface area contributed by atoms with E-state index in [4.69, 9.17) is 4.74 Å². The molecule has 0 spiro atoms. The smallest absolute Gasteiger partial charge is 0.324 e. The quantitative estimate of drug-likeness (QED) is 0.673. The van der Waals surface area contributed by atoms with Gasteiger partial charge in [-0.05, 0) is 38.3 Å². The number of sulfonamides is 1. The Kier molecular flexibility index (Phi) is 6.33. The first-order valence-corrected chi connectivity index (χ1v) is 9.58. The Bertz CT molecular complexity index is 742. The number of esters is 1. The first kappa shape index (κ1) is 19.1. The largest absolute Gasteiger partial charge is 0.451 e. The van der Waals surface area contributed by atoms with Crippen molar-refractivity contribution in [3.63, 3.8) is 0 Å². The van der Waals surface area contributed by atoms with Gasteiger partial charge >= 0.3 is 5.97 Å². The van der Waals surface area contributed by atoms with E-state index in [0.717, 1.165) is 18.2 Å². The van der Waals surface area contributed by atoms with E-state index in [9.17, 15) is 18.0 Å². The molecule has 0 aliphatic heterocycles. The molecule has 25 heavy (non-hydrogen) atoms. The number of ether oxygens (including phenoxy) is 1. The van der Waals surface area contributed by atoms with E-state index in [1.807, 2.05) is 6.07 Å². The number of nitrogens with one attached hydrogen (secondary N) is 2. The monoisotopic (exact) mass is 366 g/mol. The SMILES string of the molecule is C[C@H](NS(=O)(=O)/C=C/c1ccccc1)C(=O)O[C@@H](C)C(=O)NC1CC1. The average molecular weight is 366 g/mol. The van der Waals surface area contributed by atoms with Gasteiger partial charge in [0, 0.05) is 11.4 Å². The van der Waals surface area contributed by atoms with E-state index in [-0.39, 0.29) is 11.9 Å². The molecule has 2 rings (SSSR count). The summed E-state index contributed by atoms with van der Waals surface area (Å²) in [5, 5.41) is 3.70. The Hall–Kier alpha value is -2.19. The summed E-state index contributed by atoms with van der Waals surface area (Å²) in [6.45, 7) is 2.81. The predicted molar refractivity (Wildman–Crippen MR) is 93.7 cm³/mol. The lowest BCUT2D eigenvalue weighted by atomic mass is 10.2. The molecule has 2 atom stereocenters. The summed E-state index contributed by atoms with van der Waals surface area (Å²) in [5.41, 5.74) is 0.716. The maximum atomic E-state index is 12.0. The van der Waals surface area contributed by atoms with Gasteiger partial charge in [-0.1, -0.05) is 30.3 Å². The highest BCUT2D eigenvalue weighted by molar-refractivity contribution is 7.92. The lowest BCUT2D eigenvalue weighted by Gasteiger charge is -2.16. The fraction of sp³-hybridized carbons (Fsp3) is 0.412. The summed E-state index contributed by atoms with van der Waals surface area (Å²) in [7, 11) is -3.82. The maximum Gasteiger partial charge on any atom is 0.324 e. The molecule has 1 aromatic carbocycles. The number of hydrogen-bond acceptors (Lipinski definition) is 5. The van der Waals surface area contributed by atoms with Gasteiger partial charge in [0.15, 0.2) is 6.10 Å². The van der Waals surface area contributed by atoms with Crippen molar-refractivity contribution < 1.29 is 22.7 Å². The summed E-state index contributed by atoms with van der Waals surface area (Å²) in [4.78, 5) is 23.7. The minimum Gasteiger partial charge on any atom is -0.451 e. The van der Waals surface area contributed by atoms with E-state index >= 15 is 0 Å². The van der Waals surface area contributed by atoms with Crippen molar-refractivity contribution in [3.05, 3.63) is 41.3 Å². The fourth-order valence-electron chi connectivity index (χ4n) is 1.94. The van der Waals surface area contributed by atoms with Crippen LogP contribution in [-0.2, 0) is 24.3 Å². The van der Waals surface area contributed by atoms with Gasteiger partial charge in [0.1, 0.15) is 6.04 Å². The van der Waals surface area contributed by atoms with Crippen molar-refractivity contribution in [2.45, 2.75) is 44.9 Å². The number of rotatable bonds is 8. The number of hydrogen-bond donors (Lipinski definition) is 2. The van der Waals surface area contributed by atoms with Crippen molar-refractivity contribution in [2.75, 3.05) is 0 Å². The van der Waals surface area contributed by atoms with Crippen LogP contribution in [0.5, 0.6) is 0 Å². The van der Waals surface area contributed by atoms with Crippen LogP contribution < -0.4 is 10.0 Å². The van der Waals surface area contributed by atoms with E-state index in [0.29, 0.717) is 5.56 Å². The van der Waals surface area contributed by atoms with Crippen LogP contribution in [-0.4, -0.2) is 38.5 Å². The summed E-state index contributed by atoms with van der Waals surface area (Å²) in [6, 6.07) is 7.95. The molecule has 1 aliphatic carbocycles. The zero-order valence-electron chi connectivity index (χ0n) is 14.1. The lowest BCUT2D eigenvalue weighted by Crippen LogP contribution is -2.43. The highest BCUT2D eigenvalue weighted by Crippen LogP contribution is 2.18.